The number of ether oxygens (including phenoxy) is 1. The van der Waals surface area contributed by atoms with Crippen LogP contribution in [0.1, 0.15) is 39.7 Å². The van der Waals surface area contributed by atoms with Gasteiger partial charge in [0.15, 0.2) is 5.17 Å². The monoisotopic (exact) mass is 523 g/mol. The molecule has 6 nitrogen and oxygen atoms in total. The summed E-state index contributed by atoms with van der Waals surface area (Å²) in [6.07, 6.45) is 1.98. The quantitative estimate of drug-likeness (QED) is 0.208. The third kappa shape index (κ3) is 5.02. The SMILES string of the molecule is CCOC(=O)c1cccc(N=C2SC(=Cc3c(C)n(Cc4ccc(C)cc4)c4ccccc34)C(=O)N2C)c1. The van der Waals surface area contributed by atoms with E-state index in [1.165, 1.54) is 22.9 Å². The molecular weight excluding hydrogens is 494 g/mol. The first-order valence-corrected chi connectivity index (χ1v) is 13.3. The summed E-state index contributed by atoms with van der Waals surface area (Å²) in [7, 11) is 1.72. The van der Waals surface area contributed by atoms with Gasteiger partial charge in [0.25, 0.3) is 5.91 Å². The standard InChI is InChI=1S/C31H29N3O3S/c1-5-37-30(36)23-9-8-10-24(17-23)32-31-33(4)29(35)28(38-31)18-26-21(3)34(27-12-7-6-11-25(26)27)19-22-15-13-20(2)14-16-22/h6-18H,5,19H2,1-4H3. The van der Waals surface area contributed by atoms with Crippen molar-refractivity contribution in [2.45, 2.75) is 27.3 Å². The van der Waals surface area contributed by atoms with Crippen LogP contribution in [0.15, 0.2) is 82.7 Å². The number of nitrogens with zero attached hydrogens (tertiary/aromatic N) is 3. The fraction of sp³-hybridized carbons (Fsp3) is 0.194. The van der Waals surface area contributed by atoms with E-state index < -0.39 is 5.97 Å². The molecule has 0 atom stereocenters. The maximum atomic E-state index is 13.2. The third-order valence-electron chi connectivity index (χ3n) is 6.60. The van der Waals surface area contributed by atoms with Crippen LogP contribution in [0, 0.1) is 13.8 Å². The summed E-state index contributed by atoms with van der Waals surface area (Å²) in [6.45, 7) is 7.02. The van der Waals surface area contributed by atoms with Crippen molar-refractivity contribution in [2.75, 3.05) is 13.7 Å². The number of amides is 1. The van der Waals surface area contributed by atoms with Crippen LogP contribution < -0.4 is 0 Å². The van der Waals surface area contributed by atoms with Crippen molar-refractivity contribution in [1.82, 2.24) is 9.47 Å². The zero-order chi connectivity index (χ0) is 26.8. The number of fused-ring (bicyclic) bond motifs is 1. The molecule has 0 bridgehead atoms. The summed E-state index contributed by atoms with van der Waals surface area (Å²) < 4.78 is 7.40. The number of rotatable bonds is 6. The minimum absolute atomic E-state index is 0.106. The van der Waals surface area contributed by atoms with Crippen LogP contribution in [0.4, 0.5) is 5.69 Å². The summed E-state index contributed by atoms with van der Waals surface area (Å²) >= 11 is 1.34. The highest BCUT2D eigenvalue weighted by atomic mass is 32.2. The first-order chi connectivity index (χ1) is 18.4. The molecule has 3 aromatic carbocycles. The van der Waals surface area contributed by atoms with E-state index in [9.17, 15) is 9.59 Å². The number of para-hydroxylation sites is 1. The zero-order valence-electron chi connectivity index (χ0n) is 21.9. The lowest BCUT2D eigenvalue weighted by molar-refractivity contribution is -0.121. The van der Waals surface area contributed by atoms with E-state index in [-0.39, 0.29) is 5.91 Å². The van der Waals surface area contributed by atoms with Gasteiger partial charge < -0.3 is 9.30 Å². The van der Waals surface area contributed by atoms with Gasteiger partial charge in [-0.1, -0.05) is 54.1 Å². The molecule has 192 valence electrons. The van der Waals surface area contributed by atoms with Crippen molar-refractivity contribution in [1.29, 1.82) is 0 Å². The molecule has 1 amide bonds. The predicted molar refractivity (Wildman–Crippen MR) is 155 cm³/mol. The average Bonchev–Trinajstić information content (AvgIpc) is 3.33. The number of hydrogen-bond acceptors (Lipinski definition) is 5. The Hall–Kier alpha value is -4.10. The summed E-state index contributed by atoms with van der Waals surface area (Å²) in [6, 6.07) is 23.8. The molecule has 38 heavy (non-hydrogen) atoms. The summed E-state index contributed by atoms with van der Waals surface area (Å²) in [4.78, 5) is 32.2. The number of esters is 1. The highest BCUT2D eigenvalue weighted by Gasteiger charge is 2.31. The lowest BCUT2D eigenvalue weighted by atomic mass is 10.1. The van der Waals surface area contributed by atoms with Crippen LogP contribution in [0.5, 0.6) is 0 Å². The molecule has 0 spiro atoms. The number of carbonyl (C=O) groups excluding carboxylic acids is 2. The van der Waals surface area contributed by atoms with Crippen molar-refractivity contribution in [3.05, 3.63) is 106 Å². The molecule has 0 saturated carbocycles. The first kappa shape index (κ1) is 25.5. The molecule has 0 radical (unpaired) electrons. The van der Waals surface area contributed by atoms with E-state index in [1.807, 2.05) is 18.2 Å². The van der Waals surface area contributed by atoms with Crippen LogP contribution in [-0.4, -0.2) is 40.2 Å². The Morgan fingerprint density at radius 3 is 2.55 bits per heavy atom. The van der Waals surface area contributed by atoms with Gasteiger partial charge >= 0.3 is 5.97 Å². The normalized spacial score (nSPS) is 15.7. The van der Waals surface area contributed by atoms with E-state index >= 15 is 0 Å². The molecule has 0 unspecified atom stereocenters. The molecule has 1 fully saturated rings. The van der Waals surface area contributed by atoms with Gasteiger partial charge in [-0.2, -0.15) is 0 Å². The molecule has 5 rings (SSSR count). The van der Waals surface area contributed by atoms with Crippen molar-refractivity contribution in [2.24, 2.45) is 4.99 Å². The second-order valence-electron chi connectivity index (χ2n) is 9.23. The number of thioether (sulfide) groups is 1. The van der Waals surface area contributed by atoms with Crippen LogP contribution >= 0.6 is 11.8 Å². The maximum absolute atomic E-state index is 13.2. The van der Waals surface area contributed by atoms with E-state index in [4.69, 9.17) is 4.74 Å². The lowest BCUT2D eigenvalue weighted by Crippen LogP contribution is -2.23. The van der Waals surface area contributed by atoms with Crippen LogP contribution in [0.25, 0.3) is 17.0 Å². The predicted octanol–water partition coefficient (Wildman–Crippen LogP) is 6.72. The number of aryl methyl sites for hydroxylation is 1. The van der Waals surface area contributed by atoms with E-state index in [2.05, 4.69) is 59.8 Å². The van der Waals surface area contributed by atoms with E-state index in [0.29, 0.717) is 27.9 Å². The smallest absolute Gasteiger partial charge is 0.338 e. The van der Waals surface area contributed by atoms with Gasteiger partial charge in [-0.25, -0.2) is 9.79 Å². The fourth-order valence-electron chi connectivity index (χ4n) is 4.53. The van der Waals surface area contributed by atoms with Crippen molar-refractivity contribution in [3.8, 4) is 0 Å². The average molecular weight is 524 g/mol. The Kier molecular flexibility index (Phi) is 7.20. The highest BCUT2D eigenvalue weighted by molar-refractivity contribution is 8.18. The zero-order valence-corrected chi connectivity index (χ0v) is 22.7. The number of likely N-dealkylation sites (N-methyl/N-ethyl adjacent to an activating group) is 1. The summed E-state index contributed by atoms with van der Waals surface area (Å²) in [5, 5.41) is 1.66. The van der Waals surface area contributed by atoms with Gasteiger partial charge in [-0.05, 0) is 68.4 Å². The second kappa shape index (κ2) is 10.7. The second-order valence-corrected chi connectivity index (χ2v) is 10.2. The minimum atomic E-state index is -0.392. The fourth-order valence-corrected chi connectivity index (χ4v) is 5.50. The molecule has 1 aliphatic rings. The Balaban J connectivity index is 1.49. The molecule has 1 aromatic heterocycles. The largest absolute Gasteiger partial charge is 0.462 e. The molecule has 0 aliphatic carbocycles. The number of aliphatic imine (C=N–C) groups is 1. The Morgan fingerprint density at radius 1 is 1.03 bits per heavy atom. The summed E-state index contributed by atoms with van der Waals surface area (Å²) in [5.41, 5.74) is 6.74. The molecule has 4 aromatic rings. The number of benzene rings is 3. The number of amidine groups is 1. The first-order valence-electron chi connectivity index (χ1n) is 12.5. The minimum Gasteiger partial charge on any atom is -0.462 e. The molecule has 2 heterocycles. The van der Waals surface area contributed by atoms with Crippen molar-refractivity contribution < 1.29 is 14.3 Å². The van der Waals surface area contributed by atoms with E-state index in [0.717, 1.165) is 28.7 Å². The van der Waals surface area contributed by atoms with Crippen LogP contribution in [-0.2, 0) is 16.1 Å². The van der Waals surface area contributed by atoms with E-state index in [1.54, 1.807) is 43.1 Å². The molecule has 1 saturated heterocycles. The molecule has 7 heteroatoms. The van der Waals surface area contributed by atoms with Gasteiger partial charge in [-0.15, -0.1) is 0 Å². The number of carbonyl (C=O) groups is 2. The van der Waals surface area contributed by atoms with Gasteiger partial charge in [0, 0.05) is 35.8 Å². The third-order valence-corrected chi connectivity index (χ3v) is 7.66. The van der Waals surface area contributed by atoms with Crippen LogP contribution in [0.2, 0.25) is 0 Å². The van der Waals surface area contributed by atoms with Gasteiger partial charge in [0.2, 0.25) is 0 Å². The number of aromatic nitrogens is 1. The van der Waals surface area contributed by atoms with Gasteiger partial charge in [0.05, 0.1) is 22.8 Å². The van der Waals surface area contributed by atoms with Crippen LogP contribution in [0.3, 0.4) is 0 Å². The topological polar surface area (TPSA) is 63.9 Å². The van der Waals surface area contributed by atoms with Gasteiger partial charge in [0.1, 0.15) is 0 Å². The maximum Gasteiger partial charge on any atom is 0.338 e. The number of hydrogen-bond donors (Lipinski definition) is 0. The van der Waals surface area contributed by atoms with Crippen molar-refractivity contribution >= 4 is 51.5 Å². The molecular formula is C31H29N3O3S. The molecule has 1 aliphatic heterocycles. The highest BCUT2D eigenvalue weighted by Crippen LogP contribution is 2.36. The Labute approximate surface area is 226 Å². The Morgan fingerprint density at radius 2 is 1.79 bits per heavy atom. The van der Waals surface area contributed by atoms with Gasteiger partial charge in [-0.3, -0.25) is 9.69 Å². The Bertz CT molecular complexity index is 1600. The molecule has 0 N–H and O–H groups in total. The lowest BCUT2D eigenvalue weighted by Gasteiger charge is -2.09. The van der Waals surface area contributed by atoms with Crippen molar-refractivity contribution in [3.63, 3.8) is 0 Å². The summed E-state index contributed by atoms with van der Waals surface area (Å²) in [5.74, 6) is -0.499.